The van der Waals surface area contributed by atoms with Crippen LogP contribution in [-0.2, 0) is 11.2 Å². The smallest absolute Gasteiger partial charge is 0.229 e. The minimum atomic E-state index is -1.54. The normalized spacial score (nSPS) is 32.0. The van der Waals surface area contributed by atoms with Crippen LogP contribution in [0.5, 0.6) is 11.5 Å². The molecule has 1 aliphatic heterocycles. The Morgan fingerprint density at radius 3 is 2.50 bits per heavy atom. The summed E-state index contributed by atoms with van der Waals surface area (Å²) in [6.07, 6.45) is -6.37. The van der Waals surface area contributed by atoms with Crippen molar-refractivity contribution < 1.29 is 35.0 Å². The van der Waals surface area contributed by atoms with Gasteiger partial charge in [-0.1, -0.05) is 6.07 Å². The first-order valence-corrected chi connectivity index (χ1v) is 6.97. The first-order valence-electron chi connectivity index (χ1n) is 6.97. The molecule has 0 spiro atoms. The number of nitrogens with two attached hydrogens (primary N) is 1. The van der Waals surface area contributed by atoms with Crippen molar-refractivity contribution in [2.75, 3.05) is 13.2 Å². The molecule has 0 bridgehead atoms. The van der Waals surface area contributed by atoms with Crippen LogP contribution < -0.4 is 10.5 Å². The second-order valence-corrected chi connectivity index (χ2v) is 5.16. The Labute approximate surface area is 127 Å². The molecule has 1 aromatic carbocycles. The number of hydrogen-bond acceptors (Lipinski definition) is 8. The van der Waals surface area contributed by atoms with Crippen LogP contribution in [0.15, 0.2) is 18.2 Å². The monoisotopic (exact) mass is 315 g/mol. The number of benzene rings is 1. The van der Waals surface area contributed by atoms with Crippen LogP contribution in [0.1, 0.15) is 5.56 Å². The first kappa shape index (κ1) is 16.9. The Bertz CT molecular complexity index is 496. The fourth-order valence-corrected chi connectivity index (χ4v) is 2.26. The van der Waals surface area contributed by atoms with E-state index < -0.39 is 37.3 Å². The van der Waals surface area contributed by atoms with Crippen LogP contribution in [0.25, 0.3) is 0 Å². The maximum absolute atomic E-state index is 9.90. The lowest BCUT2D eigenvalue weighted by molar-refractivity contribution is -0.277. The van der Waals surface area contributed by atoms with Gasteiger partial charge in [0, 0.05) is 0 Å². The molecule has 8 nitrogen and oxygen atoms in total. The van der Waals surface area contributed by atoms with Crippen molar-refractivity contribution in [3.05, 3.63) is 23.8 Å². The molecule has 1 aliphatic rings. The Morgan fingerprint density at radius 1 is 1.14 bits per heavy atom. The average Bonchev–Trinajstić information content (AvgIpc) is 2.51. The van der Waals surface area contributed by atoms with Gasteiger partial charge in [-0.3, -0.25) is 0 Å². The second kappa shape index (κ2) is 7.23. The molecule has 5 atom stereocenters. The molecule has 1 heterocycles. The first-order chi connectivity index (χ1) is 10.5. The van der Waals surface area contributed by atoms with Crippen molar-refractivity contribution in [3.8, 4) is 11.5 Å². The molecule has 124 valence electrons. The molecule has 7 N–H and O–H groups in total. The van der Waals surface area contributed by atoms with Crippen molar-refractivity contribution in [3.63, 3.8) is 0 Å². The standard InChI is InChI=1S/C14H21NO7/c15-4-3-7-1-2-8(17)9(5-7)21-14-13(20)12(19)11(18)10(6-16)22-14/h1-2,5,10-14,16-20H,3-4,6,15H2/t10-,11+,12+,13-,14?/m1/s1. The number of phenols is 1. The van der Waals surface area contributed by atoms with E-state index in [-0.39, 0.29) is 11.5 Å². The van der Waals surface area contributed by atoms with Crippen molar-refractivity contribution in [2.45, 2.75) is 37.1 Å². The van der Waals surface area contributed by atoms with E-state index in [0.717, 1.165) is 5.56 Å². The van der Waals surface area contributed by atoms with E-state index >= 15 is 0 Å². The molecule has 0 radical (unpaired) electrons. The summed E-state index contributed by atoms with van der Waals surface area (Å²) >= 11 is 0. The predicted molar refractivity (Wildman–Crippen MR) is 75.3 cm³/mol. The molecule has 1 aromatic rings. The molecule has 2 rings (SSSR count). The summed E-state index contributed by atoms with van der Waals surface area (Å²) in [5.74, 6) is -0.118. The zero-order valence-electron chi connectivity index (χ0n) is 11.9. The van der Waals surface area contributed by atoms with Crippen LogP contribution in [0.4, 0.5) is 0 Å². The third-order valence-electron chi connectivity index (χ3n) is 3.55. The number of aromatic hydroxyl groups is 1. The van der Waals surface area contributed by atoms with Gasteiger partial charge >= 0.3 is 0 Å². The molecule has 22 heavy (non-hydrogen) atoms. The zero-order valence-corrected chi connectivity index (χ0v) is 11.9. The molecule has 0 aromatic heterocycles. The highest BCUT2D eigenvalue weighted by atomic mass is 16.7. The van der Waals surface area contributed by atoms with E-state index in [2.05, 4.69) is 0 Å². The number of aliphatic hydroxyl groups excluding tert-OH is 4. The molecule has 1 saturated heterocycles. The van der Waals surface area contributed by atoms with E-state index in [1.165, 1.54) is 6.07 Å². The minimum Gasteiger partial charge on any atom is -0.504 e. The van der Waals surface area contributed by atoms with Gasteiger partial charge in [-0.15, -0.1) is 0 Å². The maximum Gasteiger partial charge on any atom is 0.229 e. The van der Waals surface area contributed by atoms with Crippen LogP contribution in [0.3, 0.4) is 0 Å². The SMILES string of the molecule is NCCc1ccc(O)c(OC2O[C@H](CO)[C@H](O)[C@H](O)[C@H]2O)c1. The average molecular weight is 315 g/mol. The van der Waals surface area contributed by atoms with Crippen molar-refractivity contribution in [2.24, 2.45) is 5.73 Å². The topological polar surface area (TPSA) is 146 Å². The van der Waals surface area contributed by atoms with Gasteiger partial charge in [0.25, 0.3) is 0 Å². The Balaban J connectivity index is 2.16. The molecule has 1 fully saturated rings. The summed E-state index contributed by atoms with van der Waals surface area (Å²) in [4.78, 5) is 0. The fraction of sp³-hybridized carbons (Fsp3) is 0.571. The van der Waals surface area contributed by atoms with Gasteiger partial charge in [0.1, 0.15) is 24.4 Å². The summed E-state index contributed by atoms with van der Waals surface area (Å²) in [6, 6.07) is 4.65. The lowest BCUT2D eigenvalue weighted by Gasteiger charge is -2.39. The van der Waals surface area contributed by atoms with E-state index in [1.54, 1.807) is 12.1 Å². The number of aliphatic hydroxyl groups is 4. The number of hydrogen-bond donors (Lipinski definition) is 6. The van der Waals surface area contributed by atoms with Gasteiger partial charge in [0.05, 0.1) is 6.61 Å². The zero-order chi connectivity index (χ0) is 16.3. The molecular weight excluding hydrogens is 294 g/mol. The van der Waals surface area contributed by atoms with Crippen LogP contribution in [0, 0.1) is 0 Å². The molecule has 8 heteroatoms. The second-order valence-electron chi connectivity index (χ2n) is 5.16. The third kappa shape index (κ3) is 3.49. The van der Waals surface area contributed by atoms with Crippen molar-refractivity contribution in [1.29, 1.82) is 0 Å². The summed E-state index contributed by atoms with van der Waals surface area (Å²) < 4.78 is 10.6. The molecule has 0 saturated carbocycles. The Morgan fingerprint density at radius 2 is 1.86 bits per heavy atom. The van der Waals surface area contributed by atoms with Crippen LogP contribution >= 0.6 is 0 Å². The minimum absolute atomic E-state index is 0.0512. The molecule has 0 aliphatic carbocycles. The maximum atomic E-state index is 9.90. The van der Waals surface area contributed by atoms with Gasteiger partial charge in [-0.2, -0.15) is 0 Å². The van der Waals surface area contributed by atoms with Gasteiger partial charge in [0.15, 0.2) is 11.5 Å². The van der Waals surface area contributed by atoms with Gasteiger partial charge in [0.2, 0.25) is 6.29 Å². The summed E-state index contributed by atoms with van der Waals surface area (Å²) in [5.41, 5.74) is 6.29. The Kier molecular flexibility index (Phi) is 5.57. The van der Waals surface area contributed by atoms with Gasteiger partial charge in [-0.25, -0.2) is 0 Å². The highest BCUT2D eigenvalue weighted by Gasteiger charge is 2.44. The molecule has 0 amide bonds. The summed E-state index contributed by atoms with van der Waals surface area (Å²) in [6.45, 7) is -0.131. The lowest BCUT2D eigenvalue weighted by Crippen LogP contribution is -2.60. The van der Waals surface area contributed by atoms with Gasteiger partial charge < -0.3 is 40.7 Å². The van der Waals surface area contributed by atoms with Crippen molar-refractivity contribution in [1.82, 2.24) is 0 Å². The van der Waals surface area contributed by atoms with E-state index in [0.29, 0.717) is 13.0 Å². The van der Waals surface area contributed by atoms with Crippen LogP contribution in [0.2, 0.25) is 0 Å². The fourth-order valence-electron chi connectivity index (χ4n) is 2.26. The molecular formula is C14H21NO7. The van der Waals surface area contributed by atoms with E-state index in [9.17, 15) is 20.4 Å². The third-order valence-corrected chi connectivity index (χ3v) is 3.55. The number of ether oxygens (including phenoxy) is 2. The lowest BCUT2D eigenvalue weighted by atomic mass is 9.99. The number of rotatable bonds is 5. The van der Waals surface area contributed by atoms with Crippen molar-refractivity contribution >= 4 is 0 Å². The van der Waals surface area contributed by atoms with Crippen LogP contribution in [-0.4, -0.2) is 69.4 Å². The van der Waals surface area contributed by atoms with E-state index in [1.807, 2.05) is 0 Å². The van der Waals surface area contributed by atoms with E-state index in [4.69, 9.17) is 20.3 Å². The summed E-state index contributed by atoms with van der Waals surface area (Å²) in [5, 5.41) is 48.2. The highest BCUT2D eigenvalue weighted by Crippen LogP contribution is 2.31. The number of phenolic OH excluding ortho intramolecular Hbond substituents is 1. The van der Waals surface area contributed by atoms with Gasteiger partial charge in [-0.05, 0) is 30.7 Å². The highest BCUT2D eigenvalue weighted by molar-refractivity contribution is 5.42. The Hall–Kier alpha value is -1.42. The summed E-state index contributed by atoms with van der Waals surface area (Å²) in [7, 11) is 0. The molecule has 1 unspecified atom stereocenters. The predicted octanol–water partition coefficient (Wildman–Crippen LogP) is -1.93. The quantitative estimate of drug-likeness (QED) is 0.368. The largest absolute Gasteiger partial charge is 0.504 e.